The standard InChI is InChI=1S/C21H20N4O4/c1-13-2-4-14(5-3-13)8-25-21(28)20(27)24-10-16-9-23(11-17(16)18(24)22-25)19(26)15-6-7-29-12-15/h2-7,12,16-17H,8-11H2,1H3/t16-,17+/m0/s1. The first kappa shape index (κ1) is 17.7. The van der Waals surface area contributed by atoms with Crippen molar-refractivity contribution in [2.75, 3.05) is 13.1 Å². The summed E-state index contributed by atoms with van der Waals surface area (Å²) in [6, 6.07) is 9.43. The molecule has 1 saturated heterocycles. The van der Waals surface area contributed by atoms with E-state index < -0.39 is 11.1 Å². The number of rotatable bonds is 3. The number of likely N-dealkylation sites (tertiary alicyclic amines) is 1. The van der Waals surface area contributed by atoms with E-state index in [1.807, 2.05) is 31.2 Å². The van der Waals surface area contributed by atoms with Gasteiger partial charge in [0.05, 0.1) is 18.4 Å². The summed E-state index contributed by atoms with van der Waals surface area (Å²) in [5.41, 5.74) is 1.40. The third-order valence-electron chi connectivity index (χ3n) is 5.86. The maximum Gasteiger partial charge on any atom is 0.332 e. The van der Waals surface area contributed by atoms with Crippen molar-refractivity contribution in [3.8, 4) is 0 Å². The lowest BCUT2D eigenvalue weighted by Crippen LogP contribution is -2.44. The van der Waals surface area contributed by atoms with E-state index in [-0.39, 0.29) is 24.3 Å². The van der Waals surface area contributed by atoms with Gasteiger partial charge in [-0.2, -0.15) is 5.10 Å². The van der Waals surface area contributed by atoms with Crippen molar-refractivity contribution >= 4 is 5.91 Å². The molecular weight excluding hydrogens is 372 g/mol. The molecule has 0 radical (unpaired) electrons. The van der Waals surface area contributed by atoms with E-state index in [9.17, 15) is 14.4 Å². The molecule has 8 heteroatoms. The van der Waals surface area contributed by atoms with Crippen LogP contribution in [-0.4, -0.2) is 38.2 Å². The van der Waals surface area contributed by atoms with Crippen molar-refractivity contribution in [3.63, 3.8) is 0 Å². The molecule has 4 heterocycles. The van der Waals surface area contributed by atoms with Gasteiger partial charge in [0.2, 0.25) is 0 Å². The number of amides is 1. The summed E-state index contributed by atoms with van der Waals surface area (Å²) in [4.78, 5) is 39.6. The second kappa shape index (κ2) is 6.58. The number of benzene rings is 1. The lowest BCUT2D eigenvalue weighted by molar-refractivity contribution is 0.0782. The molecule has 0 aliphatic carbocycles. The Bertz CT molecular complexity index is 1190. The van der Waals surface area contributed by atoms with Crippen LogP contribution in [0.1, 0.15) is 33.2 Å². The Morgan fingerprint density at radius 1 is 1.10 bits per heavy atom. The van der Waals surface area contributed by atoms with Crippen LogP contribution in [0.25, 0.3) is 0 Å². The summed E-state index contributed by atoms with van der Waals surface area (Å²) >= 11 is 0. The fourth-order valence-corrected chi connectivity index (χ4v) is 4.30. The summed E-state index contributed by atoms with van der Waals surface area (Å²) in [6.07, 6.45) is 2.91. The van der Waals surface area contributed by atoms with Crippen molar-refractivity contribution in [2.45, 2.75) is 25.9 Å². The van der Waals surface area contributed by atoms with Crippen LogP contribution in [0, 0.1) is 12.8 Å². The van der Waals surface area contributed by atoms with Gasteiger partial charge in [0.1, 0.15) is 12.1 Å². The molecule has 29 heavy (non-hydrogen) atoms. The highest BCUT2D eigenvalue weighted by Crippen LogP contribution is 2.37. The predicted molar refractivity (Wildman–Crippen MR) is 104 cm³/mol. The Morgan fingerprint density at radius 3 is 2.62 bits per heavy atom. The molecule has 0 unspecified atom stereocenters. The highest BCUT2D eigenvalue weighted by Gasteiger charge is 2.44. The van der Waals surface area contributed by atoms with Crippen LogP contribution >= 0.6 is 0 Å². The Morgan fingerprint density at radius 2 is 1.90 bits per heavy atom. The van der Waals surface area contributed by atoms with Gasteiger partial charge < -0.3 is 9.32 Å². The third-order valence-corrected chi connectivity index (χ3v) is 5.86. The van der Waals surface area contributed by atoms with Gasteiger partial charge in [-0.3, -0.25) is 19.0 Å². The molecule has 1 aromatic carbocycles. The highest BCUT2D eigenvalue weighted by atomic mass is 16.3. The number of nitrogens with zero attached hydrogens (tertiary/aromatic N) is 4. The van der Waals surface area contributed by atoms with E-state index in [0.29, 0.717) is 31.0 Å². The number of carbonyl (C=O) groups excluding carboxylic acids is 1. The second-order valence-electron chi connectivity index (χ2n) is 7.81. The van der Waals surface area contributed by atoms with Gasteiger partial charge >= 0.3 is 11.1 Å². The van der Waals surface area contributed by atoms with E-state index in [4.69, 9.17) is 4.42 Å². The van der Waals surface area contributed by atoms with E-state index in [1.165, 1.54) is 21.8 Å². The number of hydrogen-bond acceptors (Lipinski definition) is 5. The van der Waals surface area contributed by atoms with Crippen LogP contribution in [-0.2, 0) is 13.1 Å². The van der Waals surface area contributed by atoms with E-state index in [1.54, 1.807) is 11.0 Å². The monoisotopic (exact) mass is 392 g/mol. The highest BCUT2D eigenvalue weighted by molar-refractivity contribution is 5.94. The molecule has 5 rings (SSSR count). The lowest BCUT2D eigenvalue weighted by atomic mass is 10.00. The quantitative estimate of drug-likeness (QED) is 0.625. The van der Waals surface area contributed by atoms with Crippen LogP contribution in [0.3, 0.4) is 0 Å². The lowest BCUT2D eigenvalue weighted by Gasteiger charge is -2.17. The van der Waals surface area contributed by atoms with E-state index in [0.717, 1.165) is 11.1 Å². The third kappa shape index (κ3) is 2.91. The second-order valence-corrected chi connectivity index (χ2v) is 7.81. The van der Waals surface area contributed by atoms with Gasteiger partial charge in [0.15, 0.2) is 0 Å². The zero-order valence-corrected chi connectivity index (χ0v) is 15.9. The molecule has 0 bridgehead atoms. The minimum absolute atomic E-state index is 0.0524. The molecule has 148 valence electrons. The fraction of sp³-hybridized carbons (Fsp3) is 0.333. The van der Waals surface area contributed by atoms with Crippen LogP contribution in [0.15, 0.2) is 56.9 Å². The summed E-state index contributed by atoms with van der Waals surface area (Å²) in [5, 5.41) is 4.54. The zero-order chi connectivity index (χ0) is 20.1. The maximum atomic E-state index is 12.7. The molecule has 3 aromatic rings. The molecule has 0 saturated carbocycles. The van der Waals surface area contributed by atoms with Crippen molar-refractivity contribution in [3.05, 3.63) is 86.1 Å². The largest absolute Gasteiger partial charge is 0.472 e. The van der Waals surface area contributed by atoms with Crippen molar-refractivity contribution in [1.29, 1.82) is 0 Å². The molecule has 8 nitrogen and oxygen atoms in total. The molecule has 2 aromatic heterocycles. The molecule has 0 N–H and O–H groups in total. The van der Waals surface area contributed by atoms with Crippen LogP contribution in [0.4, 0.5) is 0 Å². The summed E-state index contributed by atoms with van der Waals surface area (Å²) in [5.74, 6) is 0.535. The normalized spacial score (nSPS) is 20.0. The maximum absolute atomic E-state index is 12.7. The SMILES string of the molecule is Cc1ccc(Cn2nc3n(c(=O)c2=O)C[C@@H]2CN(C(=O)c4ccoc4)C[C@@H]32)cc1. The Balaban J connectivity index is 1.45. The molecule has 2 atom stereocenters. The van der Waals surface area contributed by atoms with Crippen molar-refractivity contribution in [1.82, 2.24) is 19.2 Å². The van der Waals surface area contributed by atoms with E-state index in [2.05, 4.69) is 5.10 Å². The van der Waals surface area contributed by atoms with Gasteiger partial charge in [-0.1, -0.05) is 29.8 Å². The smallest absolute Gasteiger partial charge is 0.332 e. The van der Waals surface area contributed by atoms with Crippen molar-refractivity contribution < 1.29 is 9.21 Å². The average Bonchev–Trinajstić information content (AvgIpc) is 3.44. The van der Waals surface area contributed by atoms with Gasteiger partial charge in [-0.15, -0.1) is 0 Å². The minimum Gasteiger partial charge on any atom is -0.472 e. The molecule has 2 aliphatic rings. The number of hydrogen-bond donors (Lipinski definition) is 0. The predicted octanol–water partition coefficient (Wildman–Crippen LogP) is 1.22. The number of furan rings is 1. The van der Waals surface area contributed by atoms with Gasteiger partial charge in [0, 0.05) is 31.5 Å². The topological polar surface area (TPSA) is 90.3 Å². The molecular formula is C21H20N4O4. The van der Waals surface area contributed by atoms with Crippen LogP contribution < -0.4 is 11.1 Å². The molecule has 2 aliphatic heterocycles. The van der Waals surface area contributed by atoms with Gasteiger partial charge in [-0.05, 0) is 18.6 Å². The average molecular weight is 392 g/mol. The summed E-state index contributed by atoms with van der Waals surface area (Å²) in [6.45, 7) is 3.67. The first-order valence-electron chi connectivity index (χ1n) is 9.60. The Labute approximate surface area is 166 Å². The van der Waals surface area contributed by atoms with Gasteiger partial charge in [-0.25, -0.2) is 4.68 Å². The summed E-state index contributed by atoms with van der Waals surface area (Å²) in [7, 11) is 0. The number of aromatic nitrogens is 3. The van der Waals surface area contributed by atoms with Crippen LogP contribution in [0.5, 0.6) is 0 Å². The first-order valence-corrected chi connectivity index (χ1v) is 9.60. The van der Waals surface area contributed by atoms with Crippen LogP contribution in [0.2, 0.25) is 0 Å². The first-order chi connectivity index (χ1) is 14.0. The Hall–Kier alpha value is -3.42. The molecule has 1 fully saturated rings. The minimum atomic E-state index is -0.611. The number of aryl methyl sites for hydroxylation is 1. The van der Waals surface area contributed by atoms with Crippen molar-refractivity contribution in [2.24, 2.45) is 5.92 Å². The Kier molecular flexibility index (Phi) is 4.01. The van der Waals surface area contributed by atoms with Gasteiger partial charge in [0.25, 0.3) is 5.91 Å². The number of carbonyl (C=O) groups is 1. The molecule has 0 spiro atoms. The van der Waals surface area contributed by atoms with E-state index >= 15 is 0 Å². The molecule has 1 amide bonds. The fourth-order valence-electron chi connectivity index (χ4n) is 4.30. The zero-order valence-electron chi connectivity index (χ0n) is 15.9. The number of fused-ring (bicyclic) bond motifs is 3. The summed E-state index contributed by atoms with van der Waals surface area (Å²) < 4.78 is 7.75.